The van der Waals surface area contributed by atoms with Gasteiger partial charge in [-0.25, -0.2) is 0 Å². The molecule has 0 aliphatic rings. The van der Waals surface area contributed by atoms with Gasteiger partial charge in [-0.2, -0.15) is 0 Å². The van der Waals surface area contributed by atoms with Crippen LogP contribution in [0, 0.1) is 0 Å². The van der Waals surface area contributed by atoms with Gasteiger partial charge in [-0.15, -0.1) is 0 Å². The molecule has 0 aliphatic heterocycles. The first-order chi connectivity index (χ1) is 7.04. The molecule has 82 valence electrons. The third kappa shape index (κ3) is 3.67. The van der Waals surface area contributed by atoms with Crippen molar-refractivity contribution in [1.29, 1.82) is 0 Å². The average molecular weight is 311 g/mol. The van der Waals surface area contributed by atoms with Crippen molar-refractivity contribution in [3.8, 4) is 0 Å². The summed E-state index contributed by atoms with van der Waals surface area (Å²) in [6.45, 7) is 1.92. The van der Waals surface area contributed by atoms with E-state index in [9.17, 15) is 4.79 Å². The van der Waals surface area contributed by atoms with E-state index in [2.05, 4.69) is 21.2 Å². The molecule has 5 heteroatoms. The standard InChI is InChI=1S/C10H10BrCl2NO/c1-2-7(11)10(15)14-9-4-3-6(12)5-8(9)13/h3-5,7H,2H2,1H3,(H,14,15). The van der Waals surface area contributed by atoms with Crippen LogP contribution >= 0.6 is 39.1 Å². The number of nitrogens with one attached hydrogen (secondary N) is 1. The Bertz CT molecular complexity index is 370. The topological polar surface area (TPSA) is 29.1 Å². The Balaban J connectivity index is 2.77. The zero-order chi connectivity index (χ0) is 11.4. The molecule has 1 aromatic rings. The first-order valence-corrected chi connectivity index (χ1v) is 6.11. The summed E-state index contributed by atoms with van der Waals surface area (Å²) >= 11 is 14.9. The first kappa shape index (κ1) is 12.8. The minimum absolute atomic E-state index is 0.110. The molecule has 0 spiro atoms. The van der Waals surface area contributed by atoms with Crippen LogP contribution in [0.2, 0.25) is 10.0 Å². The monoisotopic (exact) mass is 309 g/mol. The van der Waals surface area contributed by atoms with E-state index in [1.165, 1.54) is 0 Å². The zero-order valence-electron chi connectivity index (χ0n) is 8.06. The molecule has 0 radical (unpaired) electrons. The van der Waals surface area contributed by atoms with E-state index in [-0.39, 0.29) is 10.7 Å². The van der Waals surface area contributed by atoms with Gasteiger partial charge >= 0.3 is 0 Å². The third-order valence-corrected chi connectivity index (χ3v) is 3.44. The lowest BCUT2D eigenvalue weighted by molar-refractivity contribution is -0.115. The summed E-state index contributed by atoms with van der Waals surface area (Å²) in [6, 6.07) is 4.95. The summed E-state index contributed by atoms with van der Waals surface area (Å²) in [7, 11) is 0. The molecule has 0 aliphatic carbocycles. The van der Waals surface area contributed by atoms with Gasteiger partial charge in [-0.3, -0.25) is 4.79 Å². The molecular weight excluding hydrogens is 301 g/mol. The number of amides is 1. The van der Waals surface area contributed by atoms with Crippen LogP contribution in [0.15, 0.2) is 18.2 Å². The smallest absolute Gasteiger partial charge is 0.238 e. The summed E-state index contributed by atoms with van der Waals surface area (Å²) in [5.74, 6) is -0.110. The largest absolute Gasteiger partial charge is 0.324 e. The quantitative estimate of drug-likeness (QED) is 0.837. The molecule has 0 saturated heterocycles. The Morgan fingerprint density at radius 1 is 1.53 bits per heavy atom. The zero-order valence-corrected chi connectivity index (χ0v) is 11.2. The highest BCUT2D eigenvalue weighted by Gasteiger charge is 2.13. The molecule has 0 aromatic heterocycles. The van der Waals surface area contributed by atoms with Crippen molar-refractivity contribution in [3.63, 3.8) is 0 Å². The molecular formula is C10H10BrCl2NO. The Morgan fingerprint density at radius 3 is 2.73 bits per heavy atom. The van der Waals surface area contributed by atoms with Crippen LogP contribution < -0.4 is 5.32 Å². The fourth-order valence-corrected chi connectivity index (χ4v) is 1.56. The van der Waals surface area contributed by atoms with Gasteiger partial charge in [0.2, 0.25) is 5.91 Å². The van der Waals surface area contributed by atoms with Gasteiger partial charge in [-0.05, 0) is 24.6 Å². The molecule has 1 unspecified atom stereocenters. The number of rotatable bonds is 3. The maximum absolute atomic E-state index is 11.5. The van der Waals surface area contributed by atoms with Crippen molar-refractivity contribution < 1.29 is 4.79 Å². The summed E-state index contributed by atoms with van der Waals surface area (Å²) in [4.78, 5) is 11.3. The highest BCUT2D eigenvalue weighted by atomic mass is 79.9. The molecule has 0 heterocycles. The van der Waals surface area contributed by atoms with Crippen molar-refractivity contribution in [1.82, 2.24) is 0 Å². The number of hydrogen-bond acceptors (Lipinski definition) is 1. The SMILES string of the molecule is CCC(Br)C(=O)Nc1ccc(Cl)cc1Cl. The van der Waals surface area contributed by atoms with Gasteiger partial charge in [0, 0.05) is 5.02 Å². The van der Waals surface area contributed by atoms with Crippen LogP contribution in [-0.4, -0.2) is 10.7 Å². The second kappa shape index (κ2) is 5.73. The van der Waals surface area contributed by atoms with Crippen molar-refractivity contribution >= 4 is 50.7 Å². The van der Waals surface area contributed by atoms with Gasteiger partial charge < -0.3 is 5.32 Å². The lowest BCUT2D eigenvalue weighted by Crippen LogP contribution is -2.22. The Hall–Kier alpha value is -0.250. The van der Waals surface area contributed by atoms with Gasteiger partial charge in [-0.1, -0.05) is 46.1 Å². The summed E-state index contributed by atoms with van der Waals surface area (Å²) < 4.78 is 0. The maximum atomic E-state index is 11.5. The highest BCUT2D eigenvalue weighted by Crippen LogP contribution is 2.25. The molecule has 2 nitrogen and oxygen atoms in total. The molecule has 0 saturated carbocycles. The van der Waals surface area contributed by atoms with Crippen LogP contribution in [0.4, 0.5) is 5.69 Å². The molecule has 1 N–H and O–H groups in total. The highest BCUT2D eigenvalue weighted by molar-refractivity contribution is 9.10. The van der Waals surface area contributed by atoms with Gasteiger partial charge in [0.05, 0.1) is 15.5 Å². The predicted octanol–water partition coefficient (Wildman–Crippen LogP) is 4.11. The molecule has 1 aromatic carbocycles. The molecule has 15 heavy (non-hydrogen) atoms. The molecule has 1 rings (SSSR count). The van der Waals surface area contributed by atoms with Crippen molar-refractivity contribution in [2.75, 3.05) is 5.32 Å². The second-order valence-electron chi connectivity index (χ2n) is 2.99. The minimum atomic E-state index is -0.204. The predicted molar refractivity (Wildman–Crippen MR) is 68.1 cm³/mol. The molecule has 1 amide bonds. The fourth-order valence-electron chi connectivity index (χ4n) is 0.987. The van der Waals surface area contributed by atoms with Gasteiger partial charge in [0.1, 0.15) is 0 Å². The van der Waals surface area contributed by atoms with Gasteiger partial charge in [0.15, 0.2) is 0 Å². The first-order valence-electron chi connectivity index (χ1n) is 4.44. The number of benzene rings is 1. The minimum Gasteiger partial charge on any atom is -0.324 e. The fraction of sp³-hybridized carbons (Fsp3) is 0.300. The summed E-state index contributed by atoms with van der Waals surface area (Å²) in [6.07, 6.45) is 0.719. The average Bonchev–Trinajstić information content (AvgIpc) is 2.20. The normalized spacial score (nSPS) is 12.3. The van der Waals surface area contributed by atoms with E-state index >= 15 is 0 Å². The van der Waals surface area contributed by atoms with Crippen LogP contribution in [0.25, 0.3) is 0 Å². The number of carbonyl (C=O) groups excluding carboxylic acids is 1. The van der Waals surface area contributed by atoms with Gasteiger partial charge in [0.25, 0.3) is 0 Å². The number of alkyl halides is 1. The molecule has 0 bridgehead atoms. The summed E-state index contributed by atoms with van der Waals surface area (Å²) in [5, 5.41) is 3.69. The Morgan fingerprint density at radius 2 is 2.20 bits per heavy atom. The van der Waals surface area contributed by atoms with E-state index in [0.717, 1.165) is 6.42 Å². The summed E-state index contributed by atoms with van der Waals surface area (Å²) in [5.41, 5.74) is 0.573. The number of carbonyl (C=O) groups is 1. The number of hydrogen-bond donors (Lipinski definition) is 1. The Kier molecular flexibility index (Phi) is 4.90. The number of anilines is 1. The Labute approximate surface area is 107 Å². The van der Waals surface area contributed by atoms with Crippen molar-refractivity contribution in [2.24, 2.45) is 0 Å². The molecule has 1 atom stereocenters. The van der Waals surface area contributed by atoms with Crippen molar-refractivity contribution in [3.05, 3.63) is 28.2 Å². The van der Waals surface area contributed by atoms with E-state index in [1.807, 2.05) is 6.92 Å². The lowest BCUT2D eigenvalue weighted by Gasteiger charge is -2.10. The van der Waals surface area contributed by atoms with Crippen LogP contribution in [0.3, 0.4) is 0 Å². The second-order valence-corrected chi connectivity index (χ2v) is 4.94. The van der Waals surface area contributed by atoms with Crippen LogP contribution in [0.5, 0.6) is 0 Å². The lowest BCUT2D eigenvalue weighted by atomic mass is 10.3. The maximum Gasteiger partial charge on any atom is 0.238 e. The molecule has 0 fully saturated rings. The van der Waals surface area contributed by atoms with E-state index in [4.69, 9.17) is 23.2 Å². The number of halogens is 3. The van der Waals surface area contributed by atoms with Crippen LogP contribution in [0.1, 0.15) is 13.3 Å². The van der Waals surface area contributed by atoms with E-state index in [1.54, 1.807) is 18.2 Å². The van der Waals surface area contributed by atoms with Crippen LogP contribution in [-0.2, 0) is 4.79 Å². The van der Waals surface area contributed by atoms with E-state index < -0.39 is 0 Å². The third-order valence-electron chi connectivity index (χ3n) is 1.83. The van der Waals surface area contributed by atoms with E-state index in [0.29, 0.717) is 15.7 Å². The van der Waals surface area contributed by atoms with Crippen molar-refractivity contribution in [2.45, 2.75) is 18.2 Å².